The zero-order valence-corrected chi connectivity index (χ0v) is 7.53. The van der Waals surface area contributed by atoms with Crippen LogP contribution in [0.15, 0.2) is 6.07 Å². The molecule has 0 unspecified atom stereocenters. The van der Waals surface area contributed by atoms with Crippen molar-refractivity contribution in [3.63, 3.8) is 0 Å². The van der Waals surface area contributed by atoms with E-state index in [1.165, 1.54) is 0 Å². The van der Waals surface area contributed by atoms with Crippen LogP contribution in [0.1, 0.15) is 16.2 Å². The van der Waals surface area contributed by atoms with Gasteiger partial charge in [0.25, 0.3) is 5.91 Å². The molecule has 1 aromatic rings. The van der Waals surface area contributed by atoms with Crippen LogP contribution in [0, 0.1) is 0 Å². The van der Waals surface area contributed by atoms with Gasteiger partial charge in [-0.3, -0.25) is 14.4 Å². The van der Waals surface area contributed by atoms with Gasteiger partial charge in [0.15, 0.2) is 0 Å². The molecule has 1 aliphatic heterocycles. The summed E-state index contributed by atoms with van der Waals surface area (Å²) >= 11 is 0. The van der Waals surface area contributed by atoms with Crippen LogP contribution in [0.3, 0.4) is 0 Å². The van der Waals surface area contributed by atoms with Crippen LogP contribution in [0.4, 0.5) is 0 Å². The molecule has 0 spiro atoms. The quantitative estimate of drug-likeness (QED) is 0.629. The van der Waals surface area contributed by atoms with E-state index >= 15 is 0 Å². The van der Waals surface area contributed by atoms with E-state index in [4.69, 9.17) is 5.73 Å². The van der Waals surface area contributed by atoms with Gasteiger partial charge in [-0.2, -0.15) is 5.10 Å². The minimum absolute atomic E-state index is 0.366. The lowest BCUT2D eigenvalue weighted by Crippen LogP contribution is -2.30. The summed E-state index contributed by atoms with van der Waals surface area (Å²) in [5, 5.41) is 4.10. The summed E-state index contributed by atoms with van der Waals surface area (Å²) in [6.45, 7) is 2.63. The molecule has 0 aromatic carbocycles. The van der Waals surface area contributed by atoms with Crippen LogP contribution in [0.5, 0.6) is 0 Å². The number of likely N-dealkylation sites (N-methyl/N-ethyl adjacent to an activating group) is 1. The predicted molar refractivity (Wildman–Crippen MR) is 47.1 cm³/mol. The molecule has 2 N–H and O–H groups in total. The molecule has 2 rings (SSSR count). The minimum atomic E-state index is -0.454. The topological polar surface area (TPSA) is 64.2 Å². The second-order valence-corrected chi connectivity index (χ2v) is 3.35. The molecular formula is C8H12N4O. The number of carbonyl (C=O) groups excluding carboxylic acids is 1. The Morgan fingerprint density at radius 3 is 3.08 bits per heavy atom. The highest BCUT2D eigenvalue weighted by Gasteiger charge is 2.17. The first-order valence-electron chi connectivity index (χ1n) is 4.22. The molecule has 2 heterocycles. The number of rotatable bonds is 1. The third-order valence-electron chi connectivity index (χ3n) is 2.24. The second-order valence-electron chi connectivity index (χ2n) is 3.35. The highest BCUT2D eigenvalue weighted by atomic mass is 16.1. The van der Waals surface area contributed by atoms with Crippen molar-refractivity contribution in [1.82, 2.24) is 14.7 Å². The number of carbonyl (C=O) groups is 1. The number of primary amides is 1. The smallest absolute Gasteiger partial charge is 0.269 e. The van der Waals surface area contributed by atoms with E-state index in [9.17, 15) is 4.79 Å². The summed E-state index contributed by atoms with van der Waals surface area (Å²) in [5.74, 6) is -0.454. The van der Waals surface area contributed by atoms with Crippen LogP contribution in [0.2, 0.25) is 0 Å². The molecular weight excluding hydrogens is 168 g/mol. The van der Waals surface area contributed by atoms with Gasteiger partial charge in [0.2, 0.25) is 0 Å². The highest BCUT2D eigenvalue weighted by Crippen LogP contribution is 2.11. The van der Waals surface area contributed by atoms with E-state index in [0.717, 1.165) is 25.3 Å². The van der Waals surface area contributed by atoms with Crippen molar-refractivity contribution >= 4 is 5.91 Å². The number of amides is 1. The zero-order valence-electron chi connectivity index (χ0n) is 7.53. The van der Waals surface area contributed by atoms with E-state index in [-0.39, 0.29) is 0 Å². The molecule has 13 heavy (non-hydrogen) atoms. The van der Waals surface area contributed by atoms with Crippen LogP contribution in [-0.2, 0) is 13.1 Å². The van der Waals surface area contributed by atoms with Crippen molar-refractivity contribution in [2.24, 2.45) is 5.73 Å². The number of fused-ring (bicyclic) bond motifs is 1. The molecule has 1 amide bonds. The van der Waals surface area contributed by atoms with E-state index in [0.29, 0.717) is 5.69 Å². The van der Waals surface area contributed by atoms with Crippen LogP contribution in [-0.4, -0.2) is 34.2 Å². The van der Waals surface area contributed by atoms with Gasteiger partial charge in [-0.05, 0) is 13.1 Å². The van der Waals surface area contributed by atoms with E-state index in [1.807, 2.05) is 11.7 Å². The first-order valence-corrected chi connectivity index (χ1v) is 4.22. The normalized spacial score (nSPS) is 17.0. The van der Waals surface area contributed by atoms with Gasteiger partial charge in [-0.25, -0.2) is 0 Å². The first kappa shape index (κ1) is 8.25. The maximum absolute atomic E-state index is 10.8. The average Bonchev–Trinajstić information content (AvgIpc) is 2.46. The van der Waals surface area contributed by atoms with Crippen molar-refractivity contribution < 1.29 is 4.79 Å². The van der Waals surface area contributed by atoms with Crippen molar-refractivity contribution in [2.75, 3.05) is 13.6 Å². The molecule has 0 aliphatic carbocycles. The molecule has 1 aliphatic rings. The molecule has 0 saturated heterocycles. The lowest BCUT2D eigenvalue weighted by Gasteiger charge is -2.22. The molecule has 5 heteroatoms. The fourth-order valence-electron chi connectivity index (χ4n) is 1.52. The lowest BCUT2D eigenvalue weighted by molar-refractivity contribution is 0.0994. The molecule has 0 saturated carbocycles. The number of hydrogen-bond donors (Lipinski definition) is 1. The molecule has 0 bridgehead atoms. The van der Waals surface area contributed by atoms with Crippen LogP contribution >= 0.6 is 0 Å². The largest absolute Gasteiger partial charge is 0.364 e. The number of nitrogens with two attached hydrogens (primary N) is 1. The zero-order chi connectivity index (χ0) is 9.42. The Hall–Kier alpha value is -1.36. The van der Waals surface area contributed by atoms with E-state index in [2.05, 4.69) is 10.00 Å². The van der Waals surface area contributed by atoms with Gasteiger partial charge in [-0.1, -0.05) is 0 Å². The second kappa shape index (κ2) is 2.85. The van der Waals surface area contributed by atoms with Gasteiger partial charge in [0.05, 0.1) is 12.2 Å². The summed E-state index contributed by atoms with van der Waals surface area (Å²) in [6, 6.07) is 1.76. The average molecular weight is 180 g/mol. The minimum Gasteiger partial charge on any atom is -0.364 e. The summed E-state index contributed by atoms with van der Waals surface area (Å²) < 4.78 is 1.85. The Balaban J connectivity index is 2.33. The summed E-state index contributed by atoms with van der Waals surface area (Å²) in [5.41, 5.74) is 6.56. The number of hydrogen-bond acceptors (Lipinski definition) is 3. The molecule has 1 aromatic heterocycles. The molecule has 70 valence electrons. The van der Waals surface area contributed by atoms with Crippen molar-refractivity contribution in [1.29, 1.82) is 0 Å². The maximum atomic E-state index is 10.8. The fraction of sp³-hybridized carbons (Fsp3) is 0.500. The molecule has 0 fully saturated rings. The number of aromatic nitrogens is 2. The van der Waals surface area contributed by atoms with Gasteiger partial charge >= 0.3 is 0 Å². The Morgan fingerprint density at radius 1 is 1.62 bits per heavy atom. The number of nitrogens with zero attached hydrogens (tertiary/aromatic N) is 3. The highest BCUT2D eigenvalue weighted by molar-refractivity contribution is 5.90. The summed E-state index contributed by atoms with van der Waals surface area (Å²) in [7, 11) is 2.04. The SMILES string of the molecule is CN1CCn2nc(C(N)=O)cc2C1. The maximum Gasteiger partial charge on any atom is 0.269 e. The monoisotopic (exact) mass is 180 g/mol. The van der Waals surface area contributed by atoms with Crippen molar-refractivity contribution in [2.45, 2.75) is 13.1 Å². The Labute approximate surface area is 76.1 Å². The third-order valence-corrected chi connectivity index (χ3v) is 2.24. The lowest BCUT2D eigenvalue weighted by atomic mass is 10.3. The van der Waals surface area contributed by atoms with E-state index in [1.54, 1.807) is 6.07 Å². The van der Waals surface area contributed by atoms with Gasteiger partial charge in [-0.15, -0.1) is 0 Å². The standard InChI is InChI=1S/C8H12N4O/c1-11-2-3-12-6(5-11)4-7(10-12)8(9)13/h4H,2-3,5H2,1H3,(H2,9,13). The molecule has 0 atom stereocenters. The fourth-order valence-corrected chi connectivity index (χ4v) is 1.52. The summed E-state index contributed by atoms with van der Waals surface area (Å²) in [6.07, 6.45) is 0. The van der Waals surface area contributed by atoms with Crippen LogP contribution in [0.25, 0.3) is 0 Å². The molecule has 0 radical (unpaired) electrons. The first-order chi connectivity index (χ1) is 6.16. The van der Waals surface area contributed by atoms with Crippen molar-refractivity contribution in [3.8, 4) is 0 Å². The Morgan fingerprint density at radius 2 is 2.38 bits per heavy atom. The van der Waals surface area contributed by atoms with Gasteiger partial charge in [0, 0.05) is 13.1 Å². The Bertz CT molecular complexity index is 344. The predicted octanol–water partition coefficient (Wildman–Crippen LogP) is -0.573. The van der Waals surface area contributed by atoms with Gasteiger partial charge < -0.3 is 5.73 Å². The van der Waals surface area contributed by atoms with E-state index < -0.39 is 5.91 Å². The molecule has 5 nitrogen and oxygen atoms in total. The van der Waals surface area contributed by atoms with Crippen LogP contribution < -0.4 is 5.73 Å². The van der Waals surface area contributed by atoms with Crippen molar-refractivity contribution in [3.05, 3.63) is 17.5 Å². The Kier molecular flexibility index (Phi) is 1.81. The van der Waals surface area contributed by atoms with Gasteiger partial charge in [0.1, 0.15) is 5.69 Å². The summed E-state index contributed by atoms with van der Waals surface area (Å²) in [4.78, 5) is 13.0. The third kappa shape index (κ3) is 1.42.